The van der Waals surface area contributed by atoms with E-state index < -0.39 is 0 Å². The average molecular weight is 278 g/mol. The highest BCUT2D eigenvalue weighted by Gasteiger charge is 2.26. The summed E-state index contributed by atoms with van der Waals surface area (Å²) in [5.41, 5.74) is 1.19. The van der Waals surface area contributed by atoms with Crippen LogP contribution in [0.25, 0.3) is 0 Å². The fourth-order valence-corrected chi connectivity index (χ4v) is 2.44. The highest BCUT2D eigenvalue weighted by atomic mass is 16.6. The molecule has 1 aromatic rings. The Balaban J connectivity index is 2.26. The maximum absolute atomic E-state index is 11.3. The smallest absolute Gasteiger partial charge is 0.315 e. The van der Waals surface area contributed by atoms with Crippen molar-refractivity contribution in [1.82, 2.24) is 4.90 Å². The molecule has 0 aliphatic carbocycles. The third-order valence-electron chi connectivity index (χ3n) is 3.53. The van der Waals surface area contributed by atoms with Crippen molar-refractivity contribution < 1.29 is 9.72 Å². The van der Waals surface area contributed by atoms with Crippen molar-refractivity contribution >= 4 is 23.0 Å². The summed E-state index contributed by atoms with van der Waals surface area (Å²) in [6.07, 6.45) is 0. The zero-order chi connectivity index (χ0) is 14.7. The predicted octanol–water partition coefficient (Wildman–Crippen LogP) is 1.30. The first kappa shape index (κ1) is 14.1. The molecule has 7 heteroatoms. The number of anilines is 2. The third kappa shape index (κ3) is 2.66. The Labute approximate surface area is 117 Å². The van der Waals surface area contributed by atoms with E-state index in [9.17, 15) is 14.9 Å². The molecule has 20 heavy (non-hydrogen) atoms. The molecule has 0 aromatic heterocycles. The monoisotopic (exact) mass is 278 g/mol. The number of nitrogens with one attached hydrogen (secondary N) is 1. The maximum Gasteiger partial charge on any atom is 0.315 e. The SMILES string of the molecule is CNc1cccc(N2CCN(C(C)=O)CC2)c1[N+](=O)[O-]. The Morgan fingerprint density at radius 3 is 2.45 bits per heavy atom. The Morgan fingerprint density at radius 1 is 1.30 bits per heavy atom. The first-order valence-electron chi connectivity index (χ1n) is 6.50. The molecule has 0 unspecified atom stereocenters. The van der Waals surface area contributed by atoms with Gasteiger partial charge in [0.15, 0.2) is 0 Å². The van der Waals surface area contributed by atoms with E-state index in [2.05, 4.69) is 5.32 Å². The number of benzene rings is 1. The lowest BCUT2D eigenvalue weighted by Gasteiger charge is -2.35. The van der Waals surface area contributed by atoms with Crippen LogP contribution in [0.3, 0.4) is 0 Å². The summed E-state index contributed by atoms with van der Waals surface area (Å²) < 4.78 is 0. The van der Waals surface area contributed by atoms with Gasteiger partial charge in [0.1, 0.15) is 11.4 Å². The van der Waals surface area contributed by atoms with Gasteiger partial charge < -0.3 is 15.1 Å². The Bertz CT molecular complexity index is 524. The number of nitro groups is 1. The van der Waals surface area contributed by atoms with Gasteiger partial charge >= 0.3 is 5.69 Å². The summed E-state index contributed by atoms with van der Waals surface area (Å²) in [4.78, 5) is 25.9. The molecule has 1 N–H and O–H groups in total. The molecule has 1 aromatic carbocycles. The minimum atomic E-state index is -0.363. The molecule has 0 bridgehead atoms. The highest BCUT2D eigenvalue weighted by Crippen LogP contribution is 2.35. The molecule has 1 saturated heterocycles. The van der Waals surface area contributed by atoms with E-state index in [1.54, 1.807) is 37.1 Å². The Morgan fingerprint density at radius 2 is 1.95 bits per heavy atom. The fourth-order valence-electron chi connectivity index (χ4n) is 2.44. The van der Waals surface area contributed by atoms with Gasteiger partial charge in [-0.25, -0.2) is 0 Å². The lowest BCUT2D eigenvalue weighted by molar-refractivity contribution is -0.383. The van der Waals surface area contributed by atoms with Crippen LogP contribution in [-0.4, -0.2) is 49.0 Å². The number of rotatable bonds is 3. The summed E-state index contributed by atoms with van der Waals surface area (Å²) in [5, 5.41) is 14.1. The van der Waals surface area contributed by atoms with Gasteiger partial charge in [-0.05, 0) is 12.1 Å². The van der Waals surface area contributed by atoms with E-state index in [-0.39, 0.29) is 16.5 Å². The summed E-state index contributed by atoms with van der Waals surface area (Å²) >= 11 is 0. The molecule has 0 spiro atoms. The second kappa shape index (κ2) is 5.77. The minimum Gasteiger partial charge on any atom is -0.382 e. The van der Waals surface area contributed by atoms with E-state index >= 15 is 0 Å². The van der Waals surface area contributed by atoms with E-state index in [1.807, 2.05) is 4.90 Å². The van der Waals surface area contributed by atoms with E-state index in [0.29, 0.717) is 37.6 Å². The van der Waals surface area contributed by atoms with Crippen LogP contribution in [0.2, 0.25) is 0 Å². The van der Waals surface area contributed by atoms with Crippen molar-refractivity contribution in [3.63, 3.8) is 0 Å². The van der Waals surface area contributed by atoms with Gasteiger partial charge in [-0.15, -0.1) is 0 Å². The first-order valence-corrected chi connectivity index (χ1v) is 6.50. The molecule has 2 rings (SSSR count). The van der Waals surface area contributed by atoms with Crippen molar-refractivity contribution in [2.24, 2.45) is 0 Å². The van der Waals surface area contributed by atoms with Crippen LogP contribution in [0.1, 0.15) is 6.92 Å². The average Bonchev–Trinajstić information content (AvgIpc) is 2.46. The Kier molecular flexibility index (Phi) is 4.07. The molecule has 1 aliphatic rings. The molecule has 0 radical (unpaired) electrons. The number of hydrogen-bond donors (Lipinski definition) is 1. The summed E-state index contributed by atoms with van der Waals surface area (Å²) in [5.74, 6) is 0.0446. The van der Waals surface area contributed by atoms with Gasteiger partial charge in [0.2, 0.25) is 5.91 Å². The number of nitro benzene ring substituents is 1. The number of hydrogen-bond acceptors (Lipinski definition) is 5. The van der Waals surface area contributed by atoms with Crippen molar-refractivity contribution in [2.75, 3.05) is 43.4 Å². The summed E-state index contributed by atoms with van der Waals surface area (Å²) in [6.45, 7) is 3.94. The zero-order valence-corrected chi connectivity index (χ0v) is 11.6. The quantitative estimate of drug-likeness (QED) is 0.666. The molecule has 108 valence electrons. The zero-order valence-electron chi connectivity index (χ0n) is 11.6. The lowest BCUT2D eigenvalue weighted by Crippen LogP contribution is -2.48. The molecule has 1 heterocycles. The van der Waals surface area contributed by atoms with Gasteiger partial charge in [-0.1, -0.05) is 6.07 Å². The molecule has 7 nitrogen and oxygen atoms in total. The van der Waals surface area contributed by atoms with Crippen LogP contribution in [0.5, 0.6) is 0 Å². The summed E-state index contributed by atoms with van der Waals surface area (Å²) in [7, 11) is 1.67. The minimum absolute atomic E-state index is 0.0446. The molecular formula is C13H18N4O3. The lowest BCUT2D eigenvalue weighted by atomic mass is 10.2. The number of para-hydroxylation sites is 1. The van der Waals surface area contributed by atoms with Crippen molar-refractivity contribution in [2.45, 2.75) is 6.92 Å². The topological polar surface area (TPSA) is 78.7 Å². The number of piperazine rings is 1. The largest absolute Gasteiger partial charge is 0.382 e. The second-order valence-electron chi connectivity index (χ2n) is 4.67. The molecule has 1 fully saturated rings. The highest BCUT2D eigenvalue weighted by molar-refractivity contribution is 5.78. The number of carbonyl (C=O) groups excluding carboxylic acids is 1. The van der Waals surface area contributed by atoms with Crippen LogP contribution in [-0.2, 0) is 4.79 Å². The van der Waals surface area contributed by atoms with Crippen LogP contribution < -0.4 is 10.2 Å². The molecule has 0 atom stereocenters. The number of carbonyl (C=O) groups is 1. The molecule has 0 saturated carbocycles. The Hall–Kier alpha value is -2.31. The molecule has 1 aliphatic heterocycles. The van der Waals surface area contributed by atoms with Gasteiger partial charge in [0, 0.05) is 40.2 Å². The van der Waals surface area contributed by atoms with E-state index in [4.69, 9.17) is 0 Å². The summed E-state index contributed by atoms with van der Waals surface area (Å²) in [6, 6.07) is 5.24. The normalized spacial score (nSPS) is 15.1. The van der Waals surface area contributed by atoms with E-state index in [1.165, 1.54) is 0 Å². The number of amides is 1. The second-order valence-corrected chi connectivity index (χ2v) is 4.67. The van der Waals surface area contributed by atoms with Crippen LogP contribution in [0.15, 0.2) is 18.2 Å². The fraction of sp³-hybridized carbons (Fsp3) is 0.462. The maximum atomic E-state index is 11.3. The first-order chi connectivity index (χ1) is 9.54. The molecular weight excluding hydrogens is 260 g/mol. The van der Waals surface area contributed by atoms with E-state index in [0.717, 1.165) is 0 Å². The third-order valence-corrected chi connectivity index (χ3v) is 3.53. The standard InChI is InChI=1S/C13H18N4O3/c1-10(18)15-6-8-16(9-7-15)12-5-3-4-11(14-2)13(12)17(19)20/h3-5,14H,6-9H2,1-2H3. The van der Waals surface area contributed by atoms with Crippen LogP contribution in [0, 0.1) is 10.1 Å². The van der Waals surface area contributed by atoms with Gasteiger partial charge in [-0.3, -0.25) is 14.9 Å². The van der Waals surface area contributed by atoms with Gasteiger partial charge in [0.05, 0.1) is 4.92 Å². The predicted molar refractivity (Wildman–Crippen MR) is 77.1 cm³/mol. The van der Waals surface area contributed by atoms with Gasteiger partial charge in [0.25, 0.3) is 0 Å². The van der Waals surface area contributed by atoms with Crippen LogP contribution in [0.4, 0.5) is 17.1 Å². The molecule has 1 amide bonds. The number of nitrogens with zero attached hydrogens (tertiary/aromatic N) is 3. The van der Waals surface area contributed by atoms with Crippen molar-refractivity contribution in [3.8, 4) is 0 Å². The van der Waals surface area contributed by atoms with Crippen LogP contribution >= 0.6 is 0 Å². The van der Waals surface area contributed by atoms with Gasteiger partial charge in [-0.2, -0.15) is 0 Å². The van der Waals surface area contributed by atoms with Crippen molar-refractivity contribution in [1.29, 1.82) is 0 Å². The van der Waals surface area contributed by atoms with Crippen molar-refractivity contribution in [3.05, 3.63) is 28.3 Å².